The molecular weight excluding hydrogens is 380 g/mol. The van der Waals surface area contributed by atoms with Crippen LogP contribution >= 0.6 is 0 Å². The molecule has 0 fully saturated rings. The Balaban J connectivity index is 1.41. The van der Waals surface area contributed by atoms with Crippen molar-refractivity contribution in [2.24, 2.45) is 0 Å². The van der Waals surface area contributed by atoms with Crippen molar-refractivity contribution in [1.29, 1.82) is 0 Å². The zero-order chi connectivity index (χ0) is 21.5. The van der Waals surface area contributed by atoms with E-state index in [1.54, 1.807) is 18.2 Å². The van der Waals surface area contributed by atoms with Crippen LogP contribution in [0, 0.1) is 6.92 Å². The van der Waals surface area contributed by atoms with E-state index >= 15 is 0 Å². The number of rotatable bonds is 7. The third kappa shape index (κ3) is 5.92. The van der Waals surface area contributed by atoms with E-state index in [0.717, 1.165) is 24.0 Å². The van der Waals surface area contributed by atoms with Gasteiger partial charge in [-0.25, -0.2) is 0 Å². The molecule has 158 valence electrons. The van der Waals surface area contributed by atoms with Gasteiger partial charge < -0.3 is 15.4 Å². The Morgan fingerprint density at radius 2 is 1.80 bits per heavy atom. The number of benzene rings is 2. The number of amides is 2. The molecule has 0 saturated heterocycles. The molecule has 1 atom stereocenters. The summed E-state index contributed by atoms with van der Waals surface area (Å²) in [5.41, 5.74) is 5.22. The summed E-state index contributed by atoms with van der Waals surface area (Å²) < 4.78 is 4.98. The summed E-state index contributed by atoms with van der Waals surface area (Å²) in [4.78, 5) is 36.0. The van der Waals surface area contributed by atoms with Crippen LogP contribution in [-0.4, -0.2) is 30.9 Å². The molecule has 1 aliphatic rings. The minimum atomic E-state index is -0.660. The SMILES string of the molecule is Cc1cccc(C(=O)NCC(=O)OCC(=O)N[C@H](C)c2ccc3c(c2)CCCC3)c1. The van der Waals surface area contributed by atoms with Gasteiger partial charge in [-0.15, -0.1) is 0 Å². The second-order valence-electron chi connectivity index (χ2n) is 7.74. The van der Waals surface area contributed by atoms with Crippen LogP contribution in [0.25, 0.3) is 0 Å². The quantitative estimate of drug-likeness (QED) is 0.690. The fourth-order valence-corrected chi connectivity index (χ4v) is 3.63. The fourth-order valence-electron chi connectivity index (χ4n) is 3.63. The van der Waals surface area contributed by atoms with Crippen molar-refractivity contribution in [3.63, 3.8) is 0 Å². The van der Waals surface area contributed by atoms with E-state index in [0.29, 0.717) is 5.56 Å². The molecule has 0 saturated carbocycles. The van der Waals surface area contributed by atoms with E-state index < -0.39 is 5.97 Å². The second kappa shape index (κ2) is 10.1. The highest BCUT2D eigenvalue weighted by Gasteiger charge is 2.15. The van der Waals surface area contributed by atoms with Gasteiger partial charge in [0.05, 0.1) is 6.04 Å². The lowest BCUT2D eigenvalue weighted by molar-refractivity contribution is -0.147. The standard InChI is InChI=1S/C24H28N2O4/c1-16-6-5-9-21(12-16)24(29)25-14-23(28)30-15-22(27)26-17(2)19-11-10-18-7-3-4-8-20(18)13-19/h5-6,9-13,17H,3-4,7-8,14-15H2,1-2H3,(H,25,29)(H,26,27)/t17-/m1/s1. The maximum atomic E-state index is 12.1. The van der Waals surface area contributed by atoms with Crippen molar-refractivity contribution < 1.29 is 19.1 Å². The average molecular weight is 408 g/mol. The Morgan fingerprint density at radius 1 is 1.03 bits per heavy atom. The van der Waals surface area contributed by atoms with Gasteiger partial charge in [0.25, 0.3) is 11.8 Å². The smallest absolute Gasteiger partial charge is 0.325 e. The Hall–Kier alpha value is -3.15. The molecule has 2 aromatic rings. The summed E-state index contributed by atoms with van der Waals surface area (Å²) in [5, 5.41) is 5.35. The monoisotopic (exact) mass is 408 g/mol. The lowest BCUT2D eigenvalue weighted by Gasteiger charge is -2.20. The normalized spacial score (nSPS) is 13.7. The first-order chi connectivity index (χ1) is 14.4. The van der Waals surface area contributed by atoms with Crippen molar-refractivity contribution in [1.82, 2.24) is 10.6 Å². The zero-order valence-corrected chi connectivity index (χ0v) is 17.5. The Morgan fingerprint density at radius 3 is 2.57 bits per heavy atom. The van der Waals surface area contributed by atoms with Crippen molar-refractivity contribution in [2.75, 3.05) is 13.2 Å². The summed E-state index contributed by atoms with van der Waals surface area (Å²) in [6.45, 7) is 3.12. The number of ether oxygens (including phenoxy) is 1. The van der Waals surface area contributed by atoms with E-state index in [9.17, 15) is 14.4 Å². The molecule has 0 radical (unpaired) electrons. The van der Waals surface area contributed by atoms with Crippen LogP contribution in [0.3, 0.4) is 0 Å². The zero-order valence-electron chi connectivity index (χ0n) is 17.5. The van der Waals surface area contributed by atoms with Crippen LogP contribution in [0.5, 0.6) is 0 Å². The molecule has 1 aliphatic carbocycles. The molecule has 0 aliphatic heterocycles. The first kappa shape index (κ1) is 21.6. The molecule has 0 aromatic heterocycles. The maximum Gasteiger partial charge on any atom is 0.325 e. The number of hydrogen-bond acceptors (Lipinski definition) is 4. The molecule has 0 bridgehead atoms. The summed E-state index contributed by atoms with van der Waals surface area (Å²) in [6.07, 6.45) is 4.63. The maximum absolute atomic E-state index is 12.1. The molecule has 6 heteroatoms. The lowest BCUT2D eigenvalue weighted by atomic mass is 9.89. The number of carbonyl (C=O) groups is 3. The van der Waals surface area contributed by atoms with Gasteiger partial charge in [0, 0.05) is 5.56 Å². The van der Waals surface area contributed by atoms with Crippen LogP contribution in [0.1, 0.15) is 58.4 Å². The topological polar surface area (TPSA) is 84.5 Å². The highest BCUT2D eigenvalue weighted by molar-refractivity contribution is 5.96. The van der Waals surface area contributed by atoms with Crippen LogP contribution in [-0.2, 0) is 27.2 Å². The van der Waals surface area contributed by atoms with E-state index in [4.69, 9.17) is 4.74 Å². The van der Waals surface area contributed by atoms with Gasteiger partial charge in [0.15, 0.2) is 6.61 Å². The Labute approximate surface area is 177 Å². The third-order valence-corrected chi connectivity index (χ3v) is 5.29. The van der Waals surface area contributed by atoms with Crippen molar-refractivity contribution in [2.45, 2.75) is 45.6 Å². The van der Waals surface area contributed by atoms with Crippen LogP contribution in [0.15, 0.2) is 42.5 Å². The largest absolute Gasteiger partial charge is 0.454 e. The highest BCUT2D eigenvalue weighted by atomic mass is 16.5. The predicted molar refractivity (Wildman–Crippen MR) is 114 cm³/mol. The number of hydrogen-bond donors (Lipinski definition) is 2. The Bertz CT molecular complexity index is 939. The number of esters is 1. The van der Waals surface area contributed by atoms with Gasteiger partial charge in [0.1, 0.15) is 6.54 Å². The molecule has 0 unspecified atom stereocenters. The minimum absolute atomic E-state index is 0.176. The van der Waals surface area contributed by atoms with Crippen molar-refractivity contribution in [3.05, 3.63) is 70.3 Å². The molecule has 30 heavy (non-hydrogen) atoms. The van der Waals surface area contributed by atoms with Gasteiger partial charge in [-0.3, -0.25) is 14.4 Å². The molecule has 2 N–H and O–H groups in total. The van der Waals surface area contributed by atoms with Crippen LogP contribution < -0.4 is 10.6 Å². The second-order valence-corrected chi connectivity index (χ2v) is 7.74. The number of nitrogens with one attached hydrogen (secondary N) is 2. The number of fused-ring (bicyclic) bond motifs is 1. The minimum Gasteiger partial charge on any atom is -0.454 e. The molecule has 2 aromatic carbocycles. The predicted octanol–water partition coefficient (Wildman–Crippen LogP) is 3.02. The molecule has 3 rings (SSSR count). The van der Waals surface area contributed by atoms with E-state index in [1.807, 2.05) is 26.0 Å². The van der Waals surface area contributed by atoms with Crippen LogP contribution in [0.4, 0.5) is 0 Å². The molecule has 6 nitrogen and oxygen atoms in total. The van der Waals surface area contributed by atoms with Crippen molar-refractivity contribution >= 4 is 17.8 Å². The molecule has 0 heterocycles. The average Bonchev–Trinajstić information content (AvgIpc) is 2.75. The molecule has 0 spiro atoms. The number of aryl methyl sites for hydroxylation is 3. The molecular formula is C24H28N2O4. The number of carbonyl (C=O) groups excluding carboxylic acids is 3. The summed E-state index contributed by atoms with van der Waals surface area (Å²) in [6, 6.07) is 13.2. The van der Waals surface area contributed by atoms with E-state index in [-0.39, 0.29) is 31.0 Å². The Kier molecular flexibility index (Phi) is 7.22. The summed E-state index contributed by atoms with van der Waals surface area (Å²) >= 11 is 0. The molecule has 2 amide bonds. The third-order valence-electron chi connectivity index (χ3n) is 5.29. The van der Waals surface area contributed by atoms with Gasteiger partial charge in [-0.2, -0.15) is 0 Å². The van der Waals surface area contributed by atoms with Gasteiger partial charge in [-0.1, -0.05) is 35.9 Å². The fraction of sp³-hybridized carbons (Fsp3) is 0.375. The van der Waals surface area contributed by atoms with Gasteiger partial charge in [-0.05, 0) is 68.4 Å². The van der Waals surface area contributed by atoms with E-state index in [1.165, 1.54) is 24.0 Å². The van der Waals surface area contributed by atoms with Crippen LogP contribution in [0.2, 0.25) is 0 Å². The first-order valence-corrected chi connectivity index (χ1v) is 10.3. The first-order valence-electron chi connectivity index (χ1n) is 10.3. The van der Waals surface area contributed by atoms with Gasteiger partial charge in [0.2, 0.25) is 0 Å². The van der Waals surface area contributed by atoms with E-state index in [2.05, 4.69) is 22.8 Å². The van der Waals surface area contributed by atoms with Crippen molar-refractivity contribution in [3.8, 4) is 0 Å². The van der Waals surface area contributed by atoms with Gasteiger partial charge >= 0.3 is 5.97 Å². The highest BCUT2D eigenvalue weighted by Crippen LogP contribution is 2.24. The summed E-state index contributed by atoms with van der Waals surface area (Å²) in [7, 11) is 0. The summed E-state index contributed by atoms with van der Waals surface area (Å²) in [5.74, 6) is -1.40. The lowest BCUT2D eigenvalue weighted by Crippen LogP contribution is -2.34.